The number of benzene rings is 1. The Balaban J connectivity index is 2.15. The van der Waals surface area contributed by atoms with Gasteiger partial charge in [-0.15, -0.1) is 0 Å². The molecule has 1 N–H and O–H groups in total. The second-order valence-electron chi connectivity index (χ2n) is 4.64. The van der Waals surface area contributed by atoms with Crippen molar-refractivity contribution in [2.45, 2.75) is 18.9 Å². The summed E-state index contributed by atoms with van der Waals surface area (Å²) in [5.41, 5.74) is 0.540. The van der Waals surface area contributed by atoms with E-state index in [1.807, 2.05) is 12.1 Å². The zero-order valence-electron chi connectivity index (χ0n) is 10.9. The number of piperidine rings is 1. The van der Waals surface area contributed by atoms with Gasteiger partial charge in [0.25, 0.3) is 5.91 Å². The third-order valence-corrected chi connectivity index (χ3v) is 3.16. The number of ether oxygens (including phenoxy) is 1. The molecule has 4 heteroatoms. The molecule has 1 fully saturated rings. The van der Waals surface area contributed by atoms with Gasteiger partial charge < -0.3 is 14.7 Å². The third-order valence-electron chi connectivity index (χ3n) is 3.16. The molecule has 1 amide bonds. The van der Waals surface area contributed by atoms with Crippen LogP contribution in [0.1, 0.15) is 23.2 Å². The molecule has 1 aromatic rings. The SMILES string of the molecule is C=CCOc1ccccc1C(=O)N1CCCC(O)C1. The lowest BCUT2D eigenvalue weighted by molar-refractivity contribution is 0.0470. The summed E-state index contributed by atoms with van der Waals surface area (Å²) in [6, 6.07) is 7.17. The van der Waals surface area contributed by atoms with Gasteiger partial charge in [-0.2, -0.15) is 0 Å². The van der Waals surface area contributed by atoms with E-state index in [-0.39, 0.29) is 5.91 Å². The smallest absolute Gasteiger partial charge is 0.257 e. The van der Waals surface area contributed by atoms with Gasteiger partial charge >= 0.3 is 0 Å². The average Bonchev–Trinajstić information content (AvgIpc) is 2.44. The summed E-state index contributed by atoms with van der Waals surface area (Å²) in [5, 5.41) is 9.65. The van der Waals surface area contributed by atoms with Crippen molar-refractivity contribution in [1.29, 1.82) is 0 Å². The van der Waals surface area contributed by atoms with Crippen LogP contribution in [0.3, 0.4) is 0 Å². The highest BCUT2D eigenvalue weighted by Gasteiger charge is 2.24. The number of aliphatic hydroxyl groups is 1. The van der Waals surface area contributed by atoms with Crippen LogP contribution in [0.15, 0.2) is 36.9 Å². The molecule has 1 aliphatic heterocycles. The van der Waals surface area contributed by atoms with Crippen LogP contribution < -0.4 is 4.74 Å². The predicted molar refractivity (Wildman–Crippen MR) is 73.3 cm³/mol. The highest BCUT2D eigenvalue weighted by Crippen LogP contribution is 2.22. The van der Waals surface area contributed by atoms with Gasteiger partial charge in [-0.05, 0) is 25.0 Å². The Labute approximate surface area is 113 Å². The number of hydrogen-bond acceptors (Lipinski definition) is 3. The molecule has 102 valence electrons. The quantitative estimate of drug-likeness (QED) is 0.841. The first-order valence-electron chi connectivity index (χ1n) is 6.52. The van der Waals surface area contributed by atoms with Gasteiger partial charge in [0.15, 0.2) is 0 Å². The number of carbonyl (C=O) groups is 1. The topological polar surface area (TPSA) is 49.8 Å². The normalized spacial score (nSPS) is 19.0. The number of amides is 1. The Bertz CT molecular complexity index is 458. The monoisotopic (exact) mass is 261 g/mol. The van der Waals surface area contributed by atoms with Crippen molar-refractivity contribution in [1.82, 2.24) is 4.90 Å². The van der Waals surface area contributed by atoms with E-state index in [9.17, 15) is 9.90 Å². The van der Waals surface area contributed by atoms with Crippen LogP contribution in [0.2, 0.25) is 0 Å². The number of para-hydroxylation sites is 1. The third kappa shape index (κ3) is 3.35. The van der Waals surface area contributed by atoms with Crippen LogP contribution in [0.5, 0.6) is 5.75 Å². The van der Waals surface area contributed by atoms with Gasteiger partial charge in [0.1, 0.15) is 12.4 Å². The Hall–Kier alpha value is -1.81. The highest BCUT2D eigenvalue weighted by molar-refractivity contribution is 5.97. The van der Waals surface area contributed by atoms with Gasteiger partial charge in [0, 0.05) is 13.1 Å². The molecule has 0 aromatic heterocycles. The lowest BCUT2D eigenvalue weighted by atomic mass is 10.1. The first-order chi connectivity index (χ1) is 9.22. The van der Waals surface area contributed by atoms with E-state index in [4.69, 9.17) is 4.74 Å². The molecule has 1 aliphatic rings. The van der Waals surface area contributed by atoms with Crippen LogP contribution >= 0.6 is 0 Å². The fourth-order valence-corrected chi connectivity index (χ4v) is 2.23. The van der Waals surface area contributed by atoms with Crippen LogP contribution in [0.4, 0.5) is 0 Å². The molecule has 0 saturated carbocycles. The minimum atomic E-state index is -0.418. The molecule has 0 aliphatic carbocycles. The number of likely N-dealkylation sites (tertiary alicyclic amines) is 1. The molecular formula is C15H19NO3. The zero-order valence-corrected chi connectivity index (χ0v) is 10.9. The Morgan fingerprint density at radius 1 is 1.53 bits per heavy atom. The van der Waals surface area contributed by atoms with E-state index in [0.717, 1.165) is 12.8 Å². The van der Waals surface area contributed by atoms with E-state index in [1.165, 1.54) is 0 Å². The summed E-state index contributed by atoms with van der Waals surface area (Å²) < 4.78 is 5.50. The Morgan fingerprint density at radius 3 is 3.05 bits per heavy atom. The Kier molecular flexibility index (Phi) is 4.58. The summed E-state index contributed by atoms with van der Waals surface area (Å²) >= 11 is 0. The van der Waals surface area contributed by atoms with E-state index < -0.39 is 6.10 Å². The summed E-state index contributed by atoms with van der Waals surface area (Å²) in [6.45, 7) is 5.05. The maximum atomic E-state index is 12.4. The van der Waals surface area contributed by atoms with Crippen molar-refractivity contribution < 1.29 is 14.6 Å². The van der Waals surface area contributed by atoms with Crippen molar-refractivity contribution >= 4 is 5.91 Å². The number of nitrogens with zero attached hydrogens (tertiary/aromatic N) is 1. The van der Waals surface area contributed by atoms with Crippen molar-refractivity contribution in [3.63, 3.8) is 0 Å². The van der Waals surface area contributed by atoms with Crippen molar-refractivity contribution in [3.8, 4) is 5.75 Å². The van der Waals surface area contributed by atoms with E-state index in [1.54, 1.807) is 23.1 Å². The highest BCUT2D eigenvalue weighted by atomic mass is 16.5. The van der Waals surface area contributed by atoms with E-state index >= 15 is 0 Å². The minimum Gasteiger partial charge on any atom is -0.489 e. The van der Waals surface area contributed by atoms with Crippen molar-refractivity contribution in [2.75, 3.05) is 19.7 Å². The van der Waals surface area contributed by atoms with Crippen LogP contribution in [0, 0.1) is 0 Å². The second-order valence-corrected chi connectivity index (χ2v) is 4.64. The van der Waals surface area contributed by atoms with Gasteiger partial charge in [0.2, 0.25) is 0 Å². The molecule has 1 aromatic carbocycles. The van der Waals surface area contributed by atoms with Gasteiger partial charge in [-0.3, -0.25) is 4.79 Å². The van der Waals surface area contributed by atoms with Gasteiger partial charge in [-0.25, -0.2) is 0 Å². The maximum absolute atomic E-state index is 12.4. The van der Waals surface area contributed by atoms with Gasteiger partial charge in [0.05, 0.1) is 11.7 Å². The lowest BCUT2D eigenvalue weighted by Crippen LogP contribution is -2.42. The fourth-order valence-electron chi connectivity index (χ4n) is 2.23. The molecule has 4 nitrogen and oxygen atoms in total. The van der Waals surface area contributed by atoms with Crippen LogP contribution in [-0.2, 0) is 0 Å². The van der Waals surface area contributed by atoms with Gasteiger partial charge in [-0.1, -0.05) is 24.8 Å². The number of carbonyl (C=O) groups excluding carboxylic acids is 1. The first kappa shape index (κ1) is 13.6. The number of rotatable bonds is 4. The molecule has 1 heterocycles. The van der Waals surface area contributed by atoms with Crippen molar-refractivity contribution in [3.05, 3.63) is 42.5 Å². The number of aliphatic hydroxyl groups excluding tert-OH is 1. The standard InChI is InChI=1S/C15H19NO3/c1-2-10-19-14-8-4-3-7-13(14)15(18)16-9-5-6-12(17)11-16/h2-4,7-8,12,17H,1,5-6,9-11H2. The summed E-state index contributed by atoms with van der Waals surface area (Å²) in [7, 11) is 0. The predicted octanol–water partition coefficient (Wildman–Crippen LogP) is 1.85. The van der Waals surface area contributed by atoms with Crippen molar-refractivity contribution in [2.24, 2.45) is 0 Å². The summed E-state index contributed by atoms with van der Waals surface area (Å²) in [5.74, 6) is 0.478. The molecule has 1 unspecified atom stereocenters. The van der Waals surface area contributed by atoms with E-state index in [2.05, 4.69) is 6.58 Å². The molecule has 0 radical (unpaired) electrons. The summed E-state index contributed by atoms with van der Waals surface area (Å²) in [6.07, 6.45) is 2.83. The summed E-state index contributed by atoms with van der Waals surface area (Å²) in [4.78, 5) is 14.1. The number of β-amino-alcohol motifs (C(OH)–C–C–N with tert-alkyl or cyclic N) is 1. The minimum absolute atomic E-state index is 0.0848. The average molecular weight is 261 g/mol. The first-order valence-corrected chi connectivity index (χ1v) is 6.52. The second kappa shape index (κ2) is 6.38. The lowest BCUT2D eigenvalue weighted by Gasteiger charge is -2.30. The van der Waals surface area contributed by atoms with Crippen LogP contribution in [0.25, 0.3) is 0 Å². The largest absolute Gasteiger partial charge is 0.489 e. The molecule has 2 rings (SSSR count). The van der Waals surface area contributed by atoms with E-state index in [0.29, 0.717) is 31.0 Å². The zero-order chi connectivity index (χ0) is 13.7. The Morgan fingerprint density at radius 2 is 2.32 bits per heavy atom. The number of hydrogen-bond donors (Lipinski definition) is 1. The fraction of sp³-hybridized carbons (Fsp3) is 0.400. The maximum Gasteiger partial charge on any atom is 0.257 e. The molecule has 1 saturated heterocycles. The molecule has 0 spiro atoms. The molecule has 19 heavy (non-hydrogen) atoms. The molecule has 0 bridgehead atoms. The molecular weight excluding hydrogens is 242 g/mol. The van der Waals surface area contributed by atoms with Crippen LogP contribution in [-0.4, -0.2) is 41.7 Å². The molecule has 1 atom stereocenters.